The van der Waals surface area contributed by atoms with Crippen LogP contribution in [0.2, 0.25) is 0 Å². The Morgan fingerprint density at radius 3 is 1.59 bits per heavy atom. The number of carbonyl (C=O) groups is 2. The lowest BCUT2D eigenvalue weighted by molar-refractivity contribution is -0.160. The van der Waals surface area contributed by atoms with Crippen LogP contribution in [0.1, 0.15) is 142 Å². The van der Waals surface area contributed by atoms with Gasteiger partial charge < -0.3 is 14.4 Å². The standard InChI is InChI=1S/C42H69O8P/c1-4-6-8-10-12-14-16-18-20-21-23-24-26-28-30-32-34-36-41(43)48-38-40(39-49-51(45,46)47-3)50-42(44)37-35-33-31-29-27-25-22-19-17-15-13-11-9-7-5-2/h7,9,12-15,18-20,22,27,29,33,35,40H,4-6,8,10-11,16-17,21,23-26,28,30-32,34,36-39H2,1-3H3,(H,45,46)/b9-7-,14-12-,15-13-,20-18-,22-19-,29-27-,35-33-. The SMILES string of the molecule is CC/C=C\C/C=C\C/C=C\C/C=C\C/C=C\CC(=O)OC(COC(=O)CCCCCCCCC/C=C\C/C=C\CCCCC)COP(=O)(O)OC. The van der Waals surface area contributed by atoms with Crippen molar-refractivity contribution in [1.29, 1.82) is 0 Å². The summed E-state index contributed by atoms with van der Waals surface area (Å²) in [7, 11) is -3.25. The van der Waals surface area contributed by atoms with E-state index in [0.717, 1.165) is 64.9 Å². The number of hydrogen-bond donors (Lipinski definition) is 1. The van der Waals surface area contributed by atoms with Crippen LogP contribution in [0, 0.1) is 0 Å². The van der Waals surface area contributed by atoms with Gasteiger partial charge in [0.2, 0.25) is 0 Å². The predicted molar refractivity (Wildman–Crippen MR) is 211 cm³/mol. The summed E-state index contributed by atoms with van der Waals surface area (Å²) in [5.74, 6) is -0.969. The molecule has 0 bridgehead atoms. The van der Waals surface area contributed by atoms with Gasteiger partial charge in [-0.3, -0.25) is 18.6 Å². The van der Waals surface area contributed by atoms with Crippen molar-refractivity contribution in [2.24, 2.45) is 0 Å². The molecule has 0 saturated carbocycles. The zero-order chi connectivity index (χ0) is 37.5. The Balaban J connectivity index is 4.21. The highest BCUT2D eigenvalue weighted by Crippen LogP contribution is 2.42. The Bertz CT molecular complexity index is 1100. The second-order valence-corrected chi connectivity index (χ2v) is 13.9. The molecule has 0 aliphatic rings. The molecule has 0 radical (unpaired) electrons. The summed E-state index contributed by atoms with van der Waals surface area (Å²) in [4.78, 5) is 34.3. The molecule has 0 aliphatic carbocycles. The number of ether oxygens (including phenoxy) is 2. The molecule has 8 nitrogen and oxygen atoms in total. The first-order chi connectivity index (χ1) is 24.8. The van der Waals surface area contributed by atoms with Crippen LogP contribution in [0.4, 0.5) is 0 Å². The molecule has 0 saturated heterocycles. The Labute approximate surface area is 310 Å². The largest absolute Gasteiger partial charge is 0.472 e. The number of phosphoric ester groups is 1. The topological polar surface area (TPSA) is 108 Å². The van der Waals surface area contributed by atoms with Crippen LogP contribution in [0.15, 0.2) is 85.1 Å². The van der Waals surface area contributed by atoms with Gasteiger partial charge in [0.1, 0.15) is 6.61 Å². The van der Waals surface area contributed by atoms with E-state index in [2.05, 4.69) is 85.2 Å². The van der Waals surface area contributed by atoms with Gasteiger partial charge in [0.05, 0.1) is 13.0 Å². The summed E-state index contributed by atoms with van der Waals surface area (Å²) in [6.07, 6.45) is 48.0. The van der Waals surface area contributed by atoms with E-state index < -0.39 is 32.5 Å². The maximum atomic E-state index is 12.4. The Kier molecular flexibility index (Phi) is 35.0. The van der Waals surface area contributed by atoms with Crippen molar-refractivity contribution < 1.29 is 37.6 Å². The third-order valence-electron chi connectivity index (χ3n) is 7.66. The summed E-state index contributed by atoms with van der Waals surface area (Å²) in [6, 6.07) is 0. The van der Waals surface area contributed by atoms with Gasteiger partial charge in [-0.05, 0) is 70.6 Å². The minimum Gasteiger partial charge on any atom is -0.462 e. The van der Waals surface area contributed by atoms with Gasteiger partial charge in [-0.15, -0.1) is 0 Å². The molecule has 0 spiro atoms. The highest BCUT2D eigenvalue weighted by molar-refractivity contribution is 7.47. The van der Waals surface area contributed by atoms with E-state index in [4.69, 9.17) is 14.0 Å². The molecule has 290 valence electrons. The zero-order valence-corrected chi connectivity index (χ0v) is 32.9. The molecule has 0 aromatic carbocycles. The lowest BCUT2D eigenvalue weighted by Gasteiger charge is -2.19. The molecule has 2 atom stereocenters. The van der Waals surface area contributed by atoms with Gasteiger partial charge in [0, 0.05) is 13.5 Å². The van der Waals surface area contributed by atoms with Crippen LogP contribution in [-0.4, -0.2) is 43.3 Å². The van der Waals surface area contributed by atoms with Crippen LogP contribution < -0.4 is 0 Å². The molecule has 2 unspecified atom stereocenters. The molecule has 9 heteroatoms. The van der Waals surface area contributed by atoms with Crippen LogP contribution in [0.5, 0.6) is 0 Å². The minimum atomic E-state index is -4.29. The lowest BCUT2D eigenvalue weighted by Crippen LogP contribution is -2.29. The molecular formula is C42H69O8P. The maximum Gasteiger partial charge on any atom is 0.472 e. The third kappa shape index (κ3) is 36.8. The van der Waals surface area contributed by atoms with Crippen molar-refractivity contribution in [3.63, 3.8) is 0 Å². The minimum absolute atomic E-state index is 0.00653. The molecule has 0 aliphatic heterocycles. The average molecular weight is 733 g/mol. The van der Waals surface area contributed by atoms with Crippen molar-refractivity contribution in [3.05, 3.63) is 85.1 Å². The fourth-order valence-electron chi connectivity index (χ4n) is 4.70. The summed E-state index contributed by atoms with van der Waals surface area (Å²) >= 11 is 0. The van der Waals surface area contributed by atoms with Crippen molar-refractivity contribution >= 4 is 19.8 Å². The average Bonchev–Trinajstić information content (AvgIpc) is 3.12. The van der Waals surface area contributed by atoms with E-state index in [1.54, 1.807) is 6.08 Å². The molecule has 51 heavy (non-hydrogen) atoms. The smallest absolute Gasteiger partial charge is 0.462 e. The first kappa shape index (κ1) is 48.2. The molecule has 0 fully saturated rings. The first-order valence-corrected chi connectivity index (χ1v) is 20.8. The number of rotatable bonds is 34. The summed E-state index contributed by atoms with van der Waals surface area (Å²) in [6.45, 7) is 3.63. The summed E-state index contributed by atoms with van der Waals surface area (Å²) in [5, 5.41) is 0. The monoisotopic (exact) mass is 732 g/mol. The van der Waals surface area contributed by atoms with Gasteiger partial charge in [0.15, 0.2) is 6.10 Å². The van der Waals surface area contributed by atoms with Gasteiger partial charge >= 0.3 is 19.8 Å². The fraction of sp³-hybridized carbons (Fsp3) is 0.619. The second kappa shape index (κ2) is 37.0. The predicted octanol–water partition coefficient (Wildman–Crippen LogP) is 11.9. The molecule has 0 aromatic rings. The van der Waals surface area contributed by atoms with Crippen molar-refractivity contribution in [2.75, 3.05) is 20.3 Å². The number of esters is 2. The van der Waals surface area contributed by atoms with E-state index in [1.807, 2.05) is 12.2 Å². The van der Waals surface area contributed by atoms with Crippen LogP contribution in [0.3, 0.4) is 0 Å². The van der Waals surface area contributed by atoms with Crippen molar-refractivity contribution in [2.45, 2.75) is 148 Å². The van der Waals surface area contributed by atoms with Crippen molar-refractivity contribution in [3.8, 4) is 0 Å². The highest BCUT2D eigenvalue weighted by Gasteiger charge is 2.24. The van der Waals surface area contributed by atoms with E-state index in [9.17, 15) is 19.0 Å². The van der Waals surface area contributed by atoms with Gasteiger partial charge in [-0.25, -0.2) is 4.57 Å². The highest BCUT2D eigenvalue weighted by atomic mass is 31.2. The zero-order valence-electron chi connectivity index (χ0n) is 32.0. The van der Waals surface area contributed by atoms with E-state index in [1.165, 1.54) is 44.9 Å². The molecule has 1 N–H and O–H groups in total. The maximum absolute atomic E-state index is 12.4. The molecule has 0 heterocycles. The van der Waals surface area contributed by atoms with Gasteiger partial charge in [-0.2, -0.15) is 0 Å². The van der Waals surface area contributed by atoms with Gasteiger partial charge in [-0.1, -0.05) is 144 Å². The number of carbonyl (C=O) groups excluding carboxylic acids is 2. The second-order valence-electron chi connectivity index (χ2n) is 12.3. The van der Waals surface area contributed by atoms with E-state index in [-0.39, 0.29) is 19.4 Å². The number of unbranched alkanes of at least 4 members (excludes halogenated alkanes) is 10. The Morgan fingerprint density at radius 1 is 0.588 bits per heavy atom. The molecular weight excluding hydrogens is 663 g/mol. The van der Waals surface area contributed by atoms with Crippen LogP contribution in [0.25, 0.3) is 0 Å². The summed E-state index contributed by atoms with van der Waals surface area (Å²) < 4.78 is 31.7. The quantitative estimate of drug-likeness (QED) is 0.0301. The number of phosphoric acid groups is 1. The lowest BCUT2D eigenvalue weighted by atomic mass is 10.1. The van der Waals surface area contributed by atoms with Crippen molar-refractivity contribution in [1.82, 2.24) is 0 Å². The van der Waals surface area contributed by atoms with Gasteiger partial charge in [0.25, 0.3) is 0 Å². The Hall–Kier alpha value is -2.77. The molecule has 0 amide bonds. The normalized spacial score (nSPS) is 14.4. The number of hydrogen-bond acceptors (Lipinski definition) is 7. The van der Waals surface area contributed by atoms with Crippen LogP contribution in [-0.2, 0) is 32.7 Å². The number of allylic oxidation sites excluding steroid dienone is 13. The molecule has 0 rings (SSSR count). The van der Waals surface area contributed by atoms with E-state index >= 15 is 0 Å². The third-order valence-corrected chi connectivity index (χ3v) is 8.59. The van der Waals surface area contributed by atoms with E-state index in [0.29, 0.717) is 12.8 Å². The summed E-state index contributed by atoms with van der Waals surface area (Å²) in [5.41, 5.74) is 0. The van der Waals surface area contributed by atoms with Crippen LogP contribution >= 0.6 is 7.82 Å². The first-order valence-electron chi connectivity index (χ1n) is 19.3. The fourth-order valence-corrected chi connectivity index (χ4v) is 5.16. The molecule has 0 aromatic heterocycles. The Morgan fingerprint density at radius 2 is 1.06 bits per heavy atom.